The number of hydrogen-bond acceptors (Lipinski definition) is 3. The number of aryl methyl sites for hydroxylation is 1. The van der Waals surface area contributed by atoms with Gasteiger partial charge in [0.2, 0.25) is 0 Å². The fourth-order valence-corrected chi connectivity index (χ4v) is 5.55. The summed E-state index contributed by atoms with van der Waals surface area (Å²) in [4.78, 5) is 20.3. The van der Waals surface area contributed by atoms with E-state index in [1.807, 2.05) is 13.1 Å². The van der Waals surface area contributed by atoms with Crippen molar-refractivity contribution in [2.24, 2.45) is 7.05 Å². The minimum absolute atomic E-state index is 0.287. The zero-order chi connectivity index (χ0) is 23.6. The number of nitrogens with zero attached hydrogens (tertiary/aromatic N) is 4. The first kappa shape index (κ1) is 21.2. The van der Waals surface area contributed by atoms with Crippen molar-refractivity contribution in [3.63, 3.8) is 0 Å². The quantitative estimate of drug-likeness (QED) is 0.415. The van der Waals surface area contributed by atoms with Gasteiger partial charge in [0.1, 0.15) is 11.5 Å². The van der Waals surface area contributed by atoms with Crippen LogP contribution in [0.5, 0.6) is 0 Å². The molecular formula is C26H23F3N4O. The molecule has 0 N–H and O–H groups in total. The van der Waals surface area contributed by atoms with Gasteiger partial charge >= 0.3 is 6.18 Å². The molecule has 0 amide bonds. The normalized spacial score (nSPS) is 18.3. The lowest BCUT2D eigenvalue weighted by Gasteiger charge is -2.30. The number of benzene rings is 1. The topological polar surface area (TPSA) is 43.1 Å². The molecule has 0 spiro atoms. The van der Waals surface area contributed by atoms with Crippen LogP contribution >= 0.6 is 0 Å². The molecule has 34 heavy (non-hydrogen) atoms. The first-order valence-electron chi connectivity index (χ1n) is 11.4. The van der Waals surface area contributed by atoms with E-state index in [0.717, 1.165) is 42.7 Å². The second-order valence-electron chi connectivity index (χ2n) is 9.10. The third-order valence-electron chi connectivity index (χ3n) is 7.23. The summed E-state index contributed by atoms with van der Waals surface area (Å²) in [6.45, 7) is 2.21. The highest BCUT2D eigenvalue weighted by atomic mass is 19.4. The average Bonchev–Trinajstić information content (AvgIpc) is 3.41. The molecule has 2 aliphatic rings. The van der Waals surface area contributed by atoms with Gasteiger partial charge in [-0.15, -0.1) is 0 Å². The maximum absolute atomic E-state index is 12.9. The second-order valence-corrected chi connectivity index (χ2v) is 9.10. The summed E-state index contributed by atoms with van der Waals surface area (Å²) in [6, 6.07) is 12.4. The van der Waals surface area contributed by atoms with E-state index in [1.54, 1.807) is 12.3 Å². The SMILES string of the molecule is Cn1c2c(c3ccc(-n4ccc(-c5ccc(C(F)(F)F)cc5)cc4=O)nc31)C1CCCN1CC2. The summed E-state index contributed by atoms with van der Waals surface area (Å²) in [7, 11) is 2.04. The van der Waals surface area contributed by atoms with Gasteiger partial charge in [-0.3, -0.25) is 14.3 Å². The highest BCUT2D eigenvalue weighted by molar-refractivity contribution is 5.84. The molecule has 1 atom stereocenters. The fraction of sp³-hybridized carbons (Fsp3) is 0.308. The lowest BCUT2D eigenvalue weighted by Crippen LogP contribution is -2.31. The molecule has 6 rings (SSSR count). The zero-order valence-electron chi connectivity index (χ0n) is 18.6. The van der Waals surface area contributed by atoms with Crippen LogP contribution in [0.15, 0.2) is 59.5 Å². The minimum atomic E-state index is -4.39. The predicted octanol–water partition coefficient (Wildman–Crippen LogP) is 5.10. The molecule has 0 saturated carbocycles. The maximum Gasteiger partial charge on any atom is 0.416 e. The Morgan fingerprint density at radius 3 is 2.53 bits per heavy atom. The van der Waals surface area contributed by atoms with Crippen LogP contribution in [0.1, 0.15) is 35.7 Å². The first-order valence-corrected chi connectivity index (χ1v) is 11.4. The standard InChI is InChI=1S/C26H23F3N4O/c1-31-20-11-13-32-12-2-3-21(32)24(20)19-8-9-22(30-25(19)31)33-14-10-17(15-23(33)34)16-4-6-18(7-5-16)26(27,28)29/h4-10,14-15,21H,2-3,11-13H2,1H3. The van der Waals surface area contributed by atoms with Crippen LogP contribution in [0.3, 0.4) is 0 Å². The number of aromatic nitrogens is 3. The molecule has 1 aromatic carbocycles. The number of hydrogen-bond donors (Lipinski definition) is 0. The van der Waals surface area contributed by atoms with Crippen molar-refractivity contribution in [1.82, 2.24) is 19.0 Å². The highest BCUT2D eigenvalue weighted by Gasteiger charge is 2.35. The van der Waals surface area contributed by atoms with Crippen LogP contribution in [0, 0.1) is 0 Å². The van der Waals surface area contributed by atoms with Gasteiger partial charge in [0.15, 0.2) is 0 Å². The van der Waals surface area contributed by atoms with E-state index in [9.17, 15) is 18.0 Å². The smallest absolute Gasteiger partial charge is 0.332 e. The maximum atomic E-state index is 12.9. The van der Waals surface area contributed by atoms with Gasteiger partial charge in [0.25, 0.3) is 5.56 Å². The predicted molar refractivity (Wildman–Crippen MR) is 124 cm³/mol. The lowest BCUT2D eigenvalue weighted by atomic mass is 9.96. The van der Waals surface area contributed by atoms with E-state index >= 15 is 0 Å². The van der Waals surface area contributed by atoms with Gasteiger partial charge in [-0.2, -0.15) is 13.2 Å². The van der Waals surface area contributed by atoms with Crippen molar-refractivity contribution in [2.45, 2.75) is 31.5 Å². The van der Waals surface area contributed by atoms with Crippen LogP contribution in [0.2, 0.25) is 0 Å². The number of halogens is 3. The molecule has 5 heterocycles. The Labute approximate surface area is 194 Å². The van der Waals surface area contributed by atoms with E-state index in [0.29, 0.717) is 23.0 Å². The molecule has 174 valence electrons. The van der Waals surface area contributed by atoms with Crippen molar-refractivity contribution in [1.29, 1.82) is 0 Å². The summed E-state index contributed by atoms with van der Waals surface area (Å²) >= 11 is 0. The number of rotatable bonds is 2. The van der Waals surface area contributed by atoms with Crippen molar-refractivity contribution >= 4 is 11.0 Å². The Balaban J connectivity index is 1.37. The Hall–Kier alpha value is -3.39. The van der Waals surface area contributed by atoms with Gasteiger partial charge in [0, 0.05) is 49.4 Å². The van der Waals surface area contributed by atoms with Crippen LogP contribution in [0.25, 0.3) is 28.0 Å². The highest BCUT2D eigenvalue weighted by Crippen LogP contribution is 2.42. The third-order valence-corrected chi connectivity index (χ3v) is 7.23. The summed E-state index contributed by atoms with van der Waals surface area (Å²) < 4.78 is 42.2. The zero-order valence-corrected chi connectivity index (χ0v) is 18.6. The van der Waals surface area contributed by atoms with E-state index in [-0.39, 0.29) is 5.56 Å². The van der Waals surface area contributed by atoms with Gasteiger partial charge in [-0.05, 0) is 66.4 Å². The van der Waals surface area contributed by atoms with E-state index in [2.05, 4.69) is 15.5 Å². The van der Waals surface area contributed by atoms with Crippen molar-refractivity contribution in [3.8, 4) is 16.9 Å². The first-order chi connectivity index (χ1) is 16.3. The molecule has 3 aromatic heterocycles. The monoisotopic (exact) mass is 464 g/mol. The summed E-state index contributed by atoms with van der Waals surface area (Å²) in [5.41, 5.74) is 3.69. The van der Waals surface area contributed by atoms with E-state index < -0.39 is 11.7 Å². The second kappa shape index (κ2) is 7.56. The fourth-order valence-electron chi connectivity index (χ4n) is 5.55. The molecule has 0 bridgehead atoms. The Morgan fingerprint density at radius 1 is 1.00 bits per heavy atom. The van der Waals surface area contributed by atoms with Crippen molar-refractivity contribution < 1.29 is 13.2 Å². The van der Waals surface area contributed by atoms with Crippen molar-refractivity contribution in [3.05, 3.63) is 81.9 Å². The third kappa shape index (κ3) is 3.27. The molecule has 1 saturated heterocycles. The summed E-state index contributed by atoms with van der Waals surface area (Å²) in [5, 5.41) is 1.15. The lowest BCUT2D eigenvalue weighted by molar-refractivity contribution is -0.137. The summed E-state index contributed by atoms with van der Waals surface area (Å²) in [6.07, 6.45) is 0.616. The molecular weight excluding hydrogens is 441 g/mol. The molecule has 1 unspecified atom stereocenters. The van der Waals surface area contributed by atoms with Gasteiger partial charge in [-0.1, -0.05) is 12.1 Å². The van der Waals surface area contributed by atoms with Crippen LogP contribution in [0.4, 0.5) is 13.2 Å². The number of pyridine rings is 2. The molecule has 5 nitrogen and oxygen atoms in total. The number of fused-ring (bicyclic) bond motifs is 5. The Bertz CT molecular complexity index is 1470. The molecule has 4 aromatic rings. The minimum Gasteiger partial charge on any atom is -0.332 e. The van der Waals surface area contributed by atoms with Crippen LogP contribution in [-0.2, 0) is 19.6 Å². The van der Waals surface area contributed by atoms with Gasteiger partial charge in [-0.25, -0.2) is 4.98 Å². The van der Waals surface area contributed by atoms with Crippen LogP contribution in [-0.4, -0.2) is 32.1 Å². The largest absolute Gasteiger partial charge is 0.416 e. The molecule has 0 radical (unpaired) electrons. The average molecular weight is 464 g/mol. The molecule has 8 heteroatoms. The summed E-state index contributed by atoms with van der Waals surface area (Å²) in [5.74, 6) is 0.526. The van der Waals surface area contributed by atoms with Gasteiger partial charge < -0.3 is 4.57 Å². The molecule has 2 aliphatic heterocycles. The molecule has 0 aliphatic carbocycles. The van der Waals surface area contributed by atoms with E-state index in [4.69, 9.17) is 4.98 Å². The molecule has 1 fully saturated rings. The van der Waals surface area contributed by atoms with Crippen LogP contribution < -0.4 is 5.56 Å². The van der Waals surface area contributed by atoms with E-state index in [1.165, 1.54) is 46.9 Å². The van der Waals surface area contributed by atoms with Crippen molar-refractivity contribution in [2.75, 3.05) is 13.1 Å². The number of alkyl halides is 3. The Morgan fingerprint density at radius 2 is 1.79 bits per heavy atom. The van der Waals surface area contributed by atoms with Gasteiger partial charge in [0.05, 0.1) is 5.56 Å². The Kier molecular flexibility index (Phi) is 4.71.